The van der Waals surface area contributed by atoms with E-state index in [1.807, 2.05) is 0 Å². The molecule has 1 saturated carbocycles. The standard InChI is InChI=1S/C22H30N4O3/c1-14-10-17(12-22(2,3)11-14)24-19(27)15-6-8-16(9-7-15)23-20(28)18-13-26(4)25-21(18)29-5/h6-9,13-14,17H,10-12H2,1-5H3,(H,23,28)(H,24,27). The van der Waals surface area contributed by atoms with Crippen LogP contribution >= 0.6 is 0 Å². The number of carbonyl (C=O) groups is 2. The summed E-state index contributed by atoms with van der Waals surface area (Å²) in [6.45, 7) is 6.77. The van der Waals surface area contributed by atoms with Crippen molar-refractivity contribution in [3.8, 4) is 5.88 Å². The Morgan fingerprint density at radius 3 is 2.48 bits per heavy atom. The van der Waals surface area contributed by atoms with Gasteiger partial charge in [-0.1, -0.05) is 20.8 Å². The van der Waals surface area contributed by atoms with Gasteiger partial charge in [0.2, 0.25) is 5.88 Å². The second-order valence-corrected chi connectivity index (χ2v) is 8.84. The number of ether oxygens (including phenoxy) is 1. The van der Waals surface area contributed by atoms with E-state index < -0.39 is 0 Å². The minimum absolute atomic E-state index is 0.0771. The minimum Gasteiger partial charge on any atom is -0.479 e. The molecule has 1 aliphatic rings. The van der Waals surface area contributed by atoms with Gasteiger partial charge >= 0.3 is 0 Å². The van der Waals surface area contributed by atoms with E-state index in [0.717, 1.165) is 12.8 Å². The number of hydrogen-bond acceptors (Lipinski definition) is 4. The highest BCUT2D eigenvalue weighted by atomic mass is 16.5. The van der Waals surface area contributed by atoms with Gasteiger partial charge in [-0.05, 0) is 54.9 Å². The van der Waals surface area contributed by atoms with Crippen LogP contribution in [0.15, 0.2) is 30.5 Å². The molecule has 2 aromatic rings. The lowest BCUT2D eigenvalue weighted by molar-refractivity contribution is 0.0874. The zero-order chi connectivity index (χ0) is 21.2. The summed E-state index contributed by atoms with van der Waals surface area (Å²) >= 11 is 0. The van der Waals surface area contributed by atoms with Gasteiger partial charge in [-0.25, -0.2) is 0 Å². The topological polar surface area (TPSA) is 85.2 Å². The molecule has 0 saturated heterocycles. The number of amides is 2. The van der Waals surface area contributed by atoms with Crippen LogP contribution in [0, 0.1) is 11.3 Å². The molecular formula is C22H30N4O3. The third-order valence-electron chi connectivity index (χ3n) is 5.36. The molecule has 1 aromatic heterocycles. The second-order valence-electron chi connectivity index (χ2n) is 8.84. The fourth-order valence-electron chi connectivity index (χ4n) is 4.40. The highest BCUT2D eigenvalue weighted by Gasteiger charge is 2.32. The molecule has 7 heteroatoms. The highest BCUT2D eigenvalue weighted by molar-refractivity contribution is 6.06. The summed E-state index contributed by atoms with van der Waals surface area (Å²) in [7, 11) is 3.20. The summed E-state index contributed by atoms with van der Waals surface area (Å²) in [5, 5.41) is 10.1. The van der Waals surface area contributed by atoms with Crippen LogP contribution in [0.1, 0.15) is 60.7 Å². The Morgan fingerprint density at radius 1 is 1.17 bits per heavy atom. The molecule has 2 N–H and O–H groups in total. The molecule has 3 rings (SSSR count). The van der Waals surface area contributed by atoms with E-state index in [1.54, 1.807) is 37.5 Å². The molecule has 1 heterocycles. The van der Waals surface area contributed by atoms with Gasteiger partial charge < -0.3 is 15.4 Å². The second kappa shape index (κ2) is 8.27. The van der Waals surface area contributed by atoms with Gasteiger partial charge in [0.15, 0.2) is 0 Å². The van der Waals surface area contributed by atoms with Crippen molar-refractivity contribution < 1.29 is 14.3 Å². The molecule has 0 spiro atoms. The molecule has 0 bridgehead atoms. The maximum Gasteiger partial charge on any atom is 0.262 e. The zero-order valence-corrected chi connectivity index (χ0v) is 17.8. The normalized spacial score (nSPS) is 20.7. The van der Waals surface area contributed by atoms with E-state index in [0.29, 0.717) is 22.7 Å². The van der Waals surface area contributed by atoms with Crippen molar-refractivity contribution in [3.05, 3.63) is 41.6 Å². The lowest BCUT2D eigenvalue weighted by Crippen LogP contribution is -2.42. The number of benzene rings is 1. The molecule has 7 nitrogen and oxygen atoms in total. The lowest BCUT2D eigenvalue weighted by atomic mass is 9.70. The van der Waals surface area contributed by atoms with Gasteiger partial charge in [0.05, 0.1) is 7.11 Å². The lowest BCUT2D eigenvalue weighted by Gasteiger charge is -2.39. The van der Waals surface area contributed by atoms with Crippen molar-refractivity contribution in [2.75, 3.05) is 12.4 Å². The molecule has 0 aliphatic heterocycles. The summed E-state index contributed by atoms with van der Waals surface area (Å²) in [5.41, 5.74) is 1.78. The quantitative estimate of drug-likeness (QED) is 0.805. The zero-order valence-electron chi connectivity index (χ0n) is 17.8. The van der Waals surface area contributed by atoms with Gasteiger partial charge in [-0.3, -0.25) is 14.3 Å². The van der Waals surface area contributed by atoms with Crippen molar-refractivity contribution >= 4 is 17.5 Å². The van der Waals surface area contributed by atoms with Crippen LogP contribution in [0.2, 0.25) is 0 Å². The Morgan fingerprint density at radius 2 is 1.86 bits per heavy atom. The number of hydrogen-bond donors (Lipinski definition) is 2. The average molecular weight is 399 g/mol. The predicted molar refractivity (Wildman–Crippen MR) is 112 cm³/mol. The van der Waals surface area contributed by atoms with Crippen molar-refractivity contribution in [3.63, 3.8) is 0 Å². The first kappa shape index (κ1) is 20.9. The number of nitrogens with zero attached hydrogens (tertiary/aromatic N) is 2. The number of aromatic nitrogens is 2. The SMILES string of the molecule is COc1nn(C)cc1C(=O)Nc1ccc(C(=O)NC2CC(C)CC(C)(C)C2)cc1. The van der Waals surface area contributed by atoms with Crippen LogP contribution < -0.4 is 15.4 Å². The van der Waals surface area contributed by atoms with Crippen LogP contribution in [-0.2, 0) is 7.05 Å². The predicted octanol–water partition coefficient (Wildman–Crippen LogP) is 3.63. The maximum atomic E-state index is 12.6. The Hall–Kier alpha value is -2.83. The molecule has 2 amide bonds. The van der Waals surface area contributed by atoms with Crippen molar-refractivity contribution in [1.82, 2.24) is 15.1 Å². The minimum atomic E-state index is -0.314. The molecule has 29 heavy (non-hydrogen) atoms. The summed E-state index contributed by atoms with van der Waals surface area (Å²) < 4.78 is 6.65. The van der Waals surface area contributed by atoms with E-state index in [9.17, 15) is 9.59 Å². The molecule has 0 radical (unpaired) electrons. The fourth-order valence-corrected chi connectivity index (χ4v) is 4.40. The summed E-state index contributed by atoms with van der Waals surface area (Å²) in [4.78, 5) is 25.1. The van der Waals surface area contributed by atoms with Gasteiger partial charge in [-0.2, -0.15) is 0 Å². The van der Waals surface area contributed by atoms with E-state index in [-0.39, 0.29) is 29.2 Å². The molecule has 1 aromatic carbocycles. The van der Waals surface area contributed by atoms with Gasteiger partial charge in [0.25, 0.3) is 11.8 Å². The van der Waals surface area contributed by atoms with Crippen LogP contribution in [0.5, 0.6) is 5.88 Å². The van der Waals surface area contributed by atoms with Gasteiger partial charge in [-0.15, -0.1) is 5.10 Å². The largest absolute Gasteiger partial charge is 0.479 e. The monoisotopic (exact) mass is 398 g/mol. The van der Waals surface area contributed by atoms with E-state index in [1.165, 1.54) is 18.2 Å². The summed E-state index contributed by atoms with van der Waals surface area (Å²) in [5.74, 6) is 0.481. The van der Waals surface area contributed by atoms with Crippen LogP contribution in [0.4, 0.5) is 5.69 Å². The Balaban J connectivity index is 1.62. The molecule has 2 atom stereocenters. The number of anilines is 1. The van der Waals surface area contributed by atoms with E-state index in [2.05, 4.69) is 36.5 Å². The molecule has 1 fully saturated rings. The Bertz CT molecular complexity index is 886. The Kier molecular flexibility index (Phi) is 5.96. The highest BCUT2D eigenvalue weighted by Crippen LogP contribution is 2.38. The first-order valence-electron chi connectivity index (χ1n) is 9.97. The molecule has 2 unspecified atom stereocenters. The molecular weight excluding hydrogens is 368 g/mol. The van der Waals surface area contributed by atoms with Crippen molar-refractivity contribution in [2.45, 2.75) is 46.1 Å². The number of nitrogens with one attached hydrogen (secondary N) is 2. The smallest absolute Gasteiger partial charge is 0.262 e. The first-order chi connectivity index (χ1) is 13.7. The third kappa shape index (κ3) is 5.16. The number of carbonyl (C=O) groups excluding carboxylic acids is 2. The maximum absolute atomic E-state index is 12.6. The van der Waals surface area contributed by atoms with Crippen LogP contribution in [-0.4, -0.2) is 34.7 Å². The summed E-state index contributed by atoms with van der Waals surface area (Å²) in [6, 6.07) is 7.09. The summed E-state index contributed by atoms with van der Waals surface area (Å²) in [6.07, 6.45) is 4.79. The Labute approximate surface area is 171 Å². The van der Waals surface area contributed by atoms with Gasteiger partial charge in [0, 0.05) is 30.5 Å². The van der Waals surface area contributed by atoms with Crippen molar-refractivity contribution in [2.24, 2.45) is 18.4 Å². The van der Waals surface area contributed by atoms with E-state index in [4.69, 9.17) is 4.74 Å². The van der Waals surface area contributed by atoms with Crippen LogP contribution in [0.3, 0.4) is 0 Å². The van der Waals surface area contributed by atoms with Crippen molar-refractivity contribution in [1.29, 1.82) is 0 Å². The third-order valence-corrected chi connectivity index (χ3v) is 5.36. The molecule has 1 aliphatic carbocycles. The fraction of sp³-hybridized carbons (Fsp3) is 0.500. The van der Waals surface area contributed by atoms with Gasteiger partial charge in [0.1, 0.15) is 5.56 Å². The number of aryl methyl sites for hydroxylation is 1. The number of rotatable bonds is 5. The molecule has 156 valence electrons. The van der Waals surface area contributed by atoms with E-state index >= 15 is 0 Å². The number of methoxy groups -OCH3 is 1. The first-order valence-corrected chi connectivity index (χ1v) is 9.97. The average Bonchev–Trinajstić information content (AvgIpc) is 3.01. The van der Waals surface area contributed by atoms with Crippen LogP contribution in [0.25, 0.3) is 0 Å².